The number of aromatic nitrogens is 5. The second kappa shape index (κ2) is 9.02. The molecule has 0 bridgehead atoms. The lowest BCUT2D eigenvalue weighted by Gasteiger charge is -2.09. The van der Waals surface area contributed by atoms with Crippen LogP contribution in [-0.2, 0) is 27.2 Å². The average molecular weight is 454 g/mol. The van der Waals surface area contributed by atoms with E-state index in [2.05, 4.69) is 51.9 Å². The molecule has 3 aromatic heterocycles. The molecule has 0 aliphatic carbocycles. The predicted octanol–water partition coefficient (Wildman–Crippen LogP) is 4.79. The first-order valence-electron chi connectivity index (χ1n) is 11.4. The molecule has 0 amide bonds. The Bertz CT molecular complexity index is 1510. The molecular formula is C27H27N5O2. The molecule has 3 heterocycles. The van der Waals surface area contributed by atoms with Gasteiger partial charge in [-0.2, -0.15) is 5.10 Å². The number of aryl methyl sites for hydroxylation is 3. The zero-order valence-corrected chi connectivity index (χ0v) is 19.6. The third kappa shape index (κ3) is 4.12. The Labute approximate surface area is 197 Å². The minimum absolute atomic E-state index is 0.0432. The number of ether oxygens (including phenoxy) is 1. The quantitative estimate of drug-likeness (QED) is 0.355. The topological polar surface area (TPSA) is 66.9 Å². The van der Waals surface area contributed by atoms with Crippen molar-refractivity contribution in [3.05, 3.63) is 89.4 Å². The summed E-state index contributed by atoms with van der Waals surface area (Å²) in [5.74, 6) is 0.768. The van der Waals surface area contributed by atoms with Crippen LogP contribution in [0.5, 0.6) is 5.75 Å². The molecule has 172 valence electrons. The average Bonchev–Trinajstić information content (AvgIpc) is 3.43. The van der Waals surface area contributed by atoms with Gasteiger partial charge in [0.2, 0.25) is 5.56 Å². The van der Waals surface area contributed by atoms with Crippen LogP contribution in [0.25, 0.3) is 33.3 Å². The van der Waals surface area contributed by atoms with Crippen molar-refractivity contribution in [2.24, 2.45) is 14.1 Å². The Kier molecular flexibility index (Phi) is 5.76. The molecule has 0 N–H and O–H groups in total. The van der Waals surface area contributed by atoms with Gasteiger partial charge >= 0.3 is 0 Å². The maximum absolute atomic E-state index is 11.7. The second-order valence-corrected chi connectivity index (χ2v) is 8.45. The molecule has 0 saturated heterocycles. The highest BCUT2D eigenvalue weighted by molar-refractivity contribution is 5.92. The summed E-state index contributed by atoms with van der Waals surface area (Å²) in [4.78, 5) is 16.4. The Morgan fingerprint density at radius 1 is 0.912 bits per heavy atom. The Morgan fingerprint density at radius 3 is 2.47 bits per heavy atom. The van der Waals surface area contributed by atoms with Crippen molar-refractivity contribution in [2.45, 2.75) is 26.5 Å². The van der Waals surface area contributed by atoms with E-state index < -0.39 is 0 Å². The third-order valence-electron chi connectivity index (χ3n) is 5.96. The summed E-state index contributed by atoms with van der Waals surface area (Å²) < 4.78 is 11.6. The van der Waals surface area contributed by atoms with Crippen LogP contribution in [0.2, 0.25) is 0 Å². The summed E-state index contributed by atoms with van der Waals surface area (Å²) in [5, 5.41) is 4.56. The van der Waals surface area contributed by atoms with Gasteiger partial charge in [0.15, 0.2) is 0 Å². The van der Waals surface area contributed by atoms with Crippen molar-refractivity contribution in [3.63, 3.8) is 0 Å². The molecule has 0 spiro atoms. The van der Waals surface area contributed by atoms with Gasteiger partial charge in [-0.15, -0.1) is 0 Å². The normalized spacial score (nSPS) is 11.3. The van der Waals surface area contributed by atoms with Gasteiger partial charge in [0.1, 0.15) is 18.1 Å². The monoisotopic (exact) mass is 453 g/mol. The van der Waals surface area contributed by atoms with Gasteiger partial charge in [0.05, 0.1) is 17.4 Å². The fourth-order valence-electron chi connectivity index (χ4n) is 4.26. The van der Waals surface area contributed by atoms with E-state index in [1.54, 1.807) is 22.4 Å². The molecule has 5 aromatic rings. The van der Waals surface area contributed by atoms with Crippen LogP contribution in [0, 0.1) is 0 Å². The molecule has 0 aliphatic rings. The molecule has 7 nitrogen and oxygen atoms in total. The number of imidazole rings is 1. The van der Waals surface area contributed by atoms with Gasteiger partial charge in [0, 0.05) is 55.8 Å². The van der Waals surface area contributed by atoms with Crippen LogP contribution in [0.4, 0.5) is 0 Å². The van der Waals surface area contributed by atoms with Crippen LogP contribution in [0.15, 0.2) is 78.1 Å². The summed E-state index contributed by atoms with van der Waals surface area (Å²) in [5.41, 5.74) is 7.03. The predicted molar refractivity (Wildman–Crippen MR) is 134 cm³/mol. The maximum atomic E-state index is 11.7. The Balaban J connectivity index is 1.36. The van der Waals surface area contributed by atoms with E-state index in [1.165, 1.54) is 0 Å². The van der Waals surface area contributed by atoms with Crippen LogP contribution < -0.4 is 10.3 Å². The van der Waals surface area contributed by atoms with E-state index >= 15 is 0 Å². The molecule has 2 aromatic carbocycles. The molecular weight excluding hydrogens is 426 g/mol. The van der Waals surface area contributed by atoms with Crippen molar-refractivity contribution in [3.8, 4) is 28.0 Å². The molecule has 0 atom stereocenters. The van der Waals surface area contributed by atoms with Crippen LogP contribution in [0.1, 0.15) is 19.0 Å². The van der Waals surface area contributed by atoms with Gasteiger partial charge in [-0.25, -0.2) is 4.98 Å². The van der Waals surface area contributed by atoms with Crippen molar-refractivity contribution < 1.29 is 4.74 Å². The van der Waals surface area contributed by atoms with E-state index in [0.29, 0.717) is 6.61 Å². The van der Waals surface area contributed by atoms with E-state index in [4.69, 9.17) is 4.74 Å². The summed E-state index contributed by atoms with van der Waals surface area (Å²) in [7, 11) is 3.63. The number of fused-ring (bicyclic) bond motifs is 1. The standard InChI is InChI=1S/C27H27N5O2/c1-4-14-32-18-28-27-22(6-5-7-25(27)32)19-8-11-21(12-9-19)34-17-24-23(16-31(3)29-24)20-10-13-26(33)30(2)15-20/h5-13,15-16,18H,4,14,17H2,1-3H3. The highest BCUT2D eigenvalue weighted by Crippen LogP contribution is 2.30. The van der Waals surface area contributed by atoms with Crippen LogP contribution in [0.3, 0.4) is 0 Å². The molecule has 0 unspecified atom stereocenters. The fourth-order valence-corrected chi connectivity index (χ4v) is 4.26. The first kappa shape index (κ1) is 21.7. The Hall–Kier alpha value is -4.13. The number of para-hydroxylation sites is 1. The summed E-state index contributed by atoms with van der Waals surface area (Å²) in [6.07, 6.45) is 6.76. The first-order valence-corrected chi connectivity index (χ1v) is 11.4. The number of nitrogens with zero attached hydrogens (tertiary/aromatic N) is 5. The fraction of sp³-hybridized carbons (Fsp3) is 0.222. The van der Waals surface area contributed by atoms with Crippen molar-refractivity contribution in [1.82, 2.24) is 23.9 Å². The minimum atomic E-state index is -0.0432. The van der Waals surface area contributed by atoms with Crippen LogP contribution >= 0.6 is 0 Å². The maximum Gasteiger partial charge on any atom is 0.250 e. The van der Waals surface area contributed by atoms with Gasteiger partial charge in [-0.3, -0.25) is 9.48 Å². The zero-order valence-electron chi connectivity index (χ0n) is 19.6. The molecule has 0 saturated carbocycles. The zero-order chi connectivity index (χ0) is 23.7. The molecule has 5 rings (SSSR count). The van der Waals surface area contributed by atoms with Gasteiger partial charge in [0.25, 0.3) is 0 Å². The lowest BCUT2D eigenvalue weighted by molar-refractivity contribution is 0.300. The SMILES string of the molecule is CCCn1cnc2c(-c3ccc(OCc4nn(C)cc4-c4ccc(=O)n(C)c4)cc3)cccc21. The largest absolute Gasteiger partial charge is 0.487 e. The lowest BCUT2D eigenvalue weighted by atomic mass is 10.0. The second-order valence-electron chi connectivity index (χ2n) is 8.45. The number of rotatable bonds is 7. The van der Waals surface area contributed by atoms with E-state index in [1.807, 2.05) is 44.0 Å². The van der Waals surface area contributed by atoms with Crippen molar-refractivity contribution in [1.29, 1.82) is 0 Å². The summed E-state index contributed by atoms with van der Waals surface area (Å²) in [6.45, 7) is 3.46. The molecule has 7 heteroatoms. The summed E-state index contributed by atoms with van der Waals surface area (Å²) in [6, 6.07) is 17.8. The molecule has 0 radical (unpaired) electrons. The van der Waals surface area contributed by atoms with Crippen molar-refractivity contribution >= 4 is 11.0 Å². The lowest BCUT2D eigenvalue weighted by Crippen LogP contribution is -2.14. The number of pyridine rings is 1. The Morgan fingerprint density at radius 2 is 1.71 bits per heavy atom. The van der Waals surface area contributed by atoms with E-state index in [-0.39, 0.29) is 5.56 Å². The smallest absolute Gasteiger partial charge is 0.250 e. The van der Waals surface area contributed by atoms with Gasteiger partial charge < -0.3 is 13.9 Å². The number of benzene rings is 2. The summed E-state index contributed by atoms with van der Waals surface area (Å²) >= 11 is 0. The van der Waals surface area contributed by atoms with Gasteiger partial charge in [-0.1, -0.05) is 31.2 Å². The molecule has 0 aliphatic heterocycles. The van der Waals surface area contributed by atoms with E-state index in [9.17, 15) is 4.79 Å². The highest BCUT2D eigenvalue weighted by atomic mass is 16.5. The highest BCUT2D eigenvalue weighted by Gasteiger charge is 2.13. The molecule has 34 heavy (non-hydrogen) atoms. The number of hydrogen-bond acceptors (Lipinski definition) is 4. The first-order chi connectivity index (χ1) is 16.5. The minimum Gasteiger partial charge on any atom is -0.487 e. The van der Waals surface area contributed by atoms with Gasteiger partial charge in [-0.05, 0) is 36.2 Å². The third-order valence-corrected chi connectivity index (χ3v) is 5.96. The number of hydrogen-bond donors (Lipinski definition) is 0. The van der Waals surface area contributed by atoms with E-state index in [0.717, 1.165) is 57.7 Å². The van der Waals surface area contributed by atoms with Crippen LogP contribution in [-0.4, -0.2) is 23.9 Å². The molecule has 0 fully saturated rings. The van der Waals surface area contributed by atoms with Crippen molar-refractivity contribution in [2.75, 3.05) is 0 Å².